The molecular weight excluding hydrogens is 396 g/mol. The van der Waals surface area contributed by atoms with Gasteiger partial charge in [0.1, 0.15) is 17.1 Å². The smallest absolute Gasteiger partial charge is 0.352 e. The highest BCUT2D eigenvalue weighted by atomic mass is 32.2. The summed E-state index contributed by atoms with van der Waals surface area (Å²) in [6.45, 7) is 0. The number of carboxylic acid groups (broad SMARTS) is 1. The lowest BCUT2D eigenvalue weighted by atomic mass is 10.0. The topological polar surface area (TPSA) is 192 Å². The first-order chi connectivity index (χ1) is 11.7. The number of aliphatic carboxylic acids is 1. The molecule has 0 aliphatic carbocycles. The van der Waals surface area contributed by atoms with Crippen LogP contribution in [-0.4, -0.2) is 83.6 Å². The van der Waals surface area contributed by atoms with Crippen LogP contribution in [0.3, 0.4) is 0 Å². The second-order valence-corrected chi connectivity index (χ2v) is 8.94. The van der Waals surface area contributed by atoms with Gasteiger partial charge in [0.2, 0.25) is 11.1 Å². The molecule has 3 atom stereocenters. The van der Waals surface area contributed by atoms with Crippen molar-refractivity contribution < 1.29 is 27.7 Å². The van der Waals surface area contributed by atoms with Gasteiger partial charge in [-0.3, -0.25) is 14.2 Å². The average Bonchev–Trinajstić information content (AvgIpc) is 3.03. The molecule has 2 aliphatic rings. The molecule has 0 spiro atoms. The number of tetrazole rings is 1. The van der Waals surface area contributed by atoms with Gasteiger partial charge in [-0.05, 0) is 10.8 Å². The molecule has 0 bridgehead atoms. The first-order valence-electron chi connectivity index (χ1n) is 6.71. The number of nitrogens with one attached hydrogen (secondary N) is 1. The molecular formula is C10H12N6O6S3. The van der Waals surface area contributed by atoms with Crippen molar-refractivity contribution in [2.24, 2.45) is 5.73 Å². The number of hydrogen-bond acceptors (Lipinski definition) is 10. The highest BCUT2D eigenvalue weighted by Crippen LogP contribution is 2.43. The molecule has 1 amide bonds. The maximum absolute atomic E-state index is 12.0. The third kappa shape index (κ3) is 3.50. The van der Waals surface area contributed by atoms with E-state index in [2.05, 4.69) is 20.6 Å². The number of amides is 1. The maximum atomic E-state index is 12.0. The van der Waals surface area contributed by atoms with Crippen LogP contribution in [-0.2, 0) is 19.7 Å². The van der Waals surface area contributed by atoms with Gasteiger partial charge in [0, 0.05) is 5.75 Å². The number of thioether (sulfide) groups is 2. The Labute approximate surface area is 149 Å². The van der Waals surface area contributed by atoms with E-state index in [1.807, 2.05) is 0 Å². The highest BCUT2D eigenvalue weighted by molar-refractivity contribution is 8.01. The van der Waals surface area contributed by atoms with Crippen molar-refractivity contribution >= 4 is 45.5 Å². The molecule has 1 aromatic rings. The minimum absolute atomic E-state index is 0.0737. The molecule has 0 saturated carbocycles. The van der Waals surface area contributed by atoms with E-state index in [0.717, 1.165) is 16.7 Å². The fourth-order valence-electron chi connectivity index (χ4n) is 2.51. The van der Waals surface area contributed by atoms with Crippen molar-refractivity contribution in [2.45, 2.75) is 21.8 Å². The predicted molar refractivity (Wildman–Crippen MR) is 86.0 cm³/mol. The molecule has 3 heterocycles. The SMILES string of the molecule is NC1C(=O)N2C(C(=O)O)=C(C(CS(=O)(=O)O)Sc3nn[nH]n3)CS[C@H]12. The monoisotopic (exact) mass is 408 g/mol. The van der Waals surface area contributed by atoms with E-state index in [-0.39, 0.29) is 22.2 Å². The summed E-state index contributed by atoms with van der Waals surface area (Å²) in [5.41, 5.74) is 5.52. The molecule has 3 rings (SSSR count). The summed E-state index contributed by atoms with van der Waals surface area (Å²) in [5, 5.41) is 21.0. The number of carbonyl (C=O) groups is 2. The van der Waals surface area contributed by atoms with Crippen LogP contribution >= 0.6 is 23.5 Å². The van der Waals surface area contributed by atoms with E-state index in [1.165, 1.54) is 11.8 Å². The van der Waals surface area contributed by atoms with Gasteiger partial charge in [-0.15, -0.1) is 22.0 Å². The Balaban J connectivity index is 2.02. The Bertz CT molecular complexity index is 839. The number of nitrogens with zero attached hydrogens (tertiary/aromatic N) is 4. The van der Waals surface area contributed by atoms with Crippen LogP contribution in [0.1, 0.15) is 0 Å². The Hall–Kier alpha value is -1.68. The number of hydrogen-bond donors (Lipinski definition) is 4. The van der Waals surface area contributed by atoms with Gasteiger partial charge in [0.05, 0.1) is 11.0 Å². The molecule has 5 N–H and O–H groups in total. The van der Waals surface area contributed by atoms with Crippen molar-refractivity contribution in [3.05, 3.63) is 11.3 Å². The second kappa shape index (κ2) is 6.56. The summed E-state index contributed by atoms with van der Waals surface area (Å²) >= 11 is 2.05. The summed E-state index contributed by atoms with van der Waals surface area (Å²) in [5.74, 6) is -2.57. The maximum Gasteiger partial charge on any atom is 0.352 e. The van der Waals surface area contributed by atoms with E-state index >= 15 is 0 Å². The Morgan fingerprint density at radius 2 is 2.28 bits per heavy atom. The quantitative estimate of drug-likeness (QED) is 0.233. The van der Waals surface area contributed by atoms with E-state index in [0.29, 0.717) is 0 Å². The summed E-state index contributed by atoms with van der Waals surface area (Å²) in [7, 11) is -4.43. The molecule has 25 heavy (non-hydrogen) atoms. The molecule has 12 nitrogen and oxygen atoms in total. The highest BCUT2D eigenvalue weighted by Gasteiger charge is 2.52. The third-order valence-electron chi connectivity index (χ3n) is 3.57. The summed E-state index contributed by atoms with van der Waals surface area (Å²) < 4.78 is 31.9. The van der Waals surface area contributed by atoms with Gasteiger partial charge in [-0.25, -0.2) is 4.79 Å². The lowest BCUT2D eigenvalue weighted by Crippen LogP contribution is -2.68. The molecule has 2 aliphatic heterocycles. The normalized spacial score (nSPS) is 24.7. The third-order valence-corrected chi connectivity index (χ3v) is 6.97. The minimum atomic E-state index is -4.43. The number of β-lactam (4-membered cyclic amide) rings is 1. The lowest BCUT2D eigenvalue weighted by molar-refractivity contribution is -0.148. The second-order valence-electron chi connectivity index (χ2n) is 5.16. The molecule has 0 radical (unpaired) electrons. The van der Waals surface area contributed by atoms with E-state index in [9.17, 15) is 27.7 Å². The van der Waals surface area contributed by atoms with Crippen molar-refractivity contribution in [3.8, 4) is 0 Å². The minimum Gasteiger partial charge on any atom is -0.477 e. The summed E-state index contributed by atoms with van der Waals surface area (Å²) in [6.07, 6.45) is 0. The van der Waals surface area contributed by atoms with Crippen LogP contribution in [0.2, 0.25) is 0 Å². The van der Waals surface area contributed by atoms with Gasteiger partial charge >= 0.3 is 5.97 Å². The molecule has 1 saturated heterocycles. The van der Waals surface area contributed by atoms with E-state index in [1.54, 1.807) is 0 Å². The fourth-order valence-corrected chi connectivity index (χ4v) is 6.13. The predicted octanol–water partition coefficient (Wildman–Crippen LogP) is -1.87. The van der Waals surface area contributed by atoms with Crippen LogP contribution < -0.4 is 5.73 Å². The number of nitrogens with two attached hydrogens (primary N) is 1. The number of carboxylic acids is 1. The van der Waals surface area contributed by atoms with Crippen molar-refractivity contribution in [2.75, 3.05) is 11.5 Å². The van der Waals surface area contributed by atoms with Crippen LogP contribution in [0.4, 0.5) is 0 Å². The van der Waals surface area contributed by atoms with Crippen LogP contribution in [0.5, 0.6) is 0 Å². The van der Waals surface area contributed by atoms with Crippen LogP contribution in [0.15, 0.2) is 16.4 Å². The Morgan fingerprint density at radius 1 is 1.56 bits per heavy atom. The molecule has 15 heteroatoms. The van der Waals surface area contributed by atoms with Crippen molar-refractivity contribution in [3.63, 3.8) is 0 Å². The largest absolute Gasteiger partial charge is 0.477 e. The molecule has 0 aromatic carbocycles. The Kier molecular flexibility index (Phi) is 4.76. The standard InChI is InChI=1S/C10H12N6O6S3/c11-5-7(17)16-6(9(18)19)3(1-23-8(5)16)4(2-25(20,21)22)24-10-12-14-15-13-10/h4-5,8H,1-2,11H2,(H,18,19)(H,20,21,22)(H,12,13,14,15)/t4?,5?,8-/m1/s1. The Morgan fingerprint density at radius 3 is 2.84 bits per heavy atom. The van der Waals surface area contributed by atoms with Crippen molar-refractivity contribution in [1.82, 2.24) is 25.5 Å². The summed E-state index contributed by atoms with van der Waals surface area (Å²) in [4.78, 5) is 24.7. The van der Waals surface area contributed by atoms with E-state index in [4.69, 9.17) is 5.73 Å². The number of H-pyrrole nitrogens is 1. The van der Waals surface area contributed by atoms with E-state index < -0.39 is 44.4 Å². The molecule has 1 fully saturated rings. The number of fused-ring (bicyclic) bond motifs is 1. The fraction of sp³-hybridized carbons (Fsp3) is 0.500. The molecule has 136 valence electrons. The first kappa shape index (κ1) is 18.1. The summed E-state index contributed by atoms with van der Waals surface area (Å²) in [6, 6.07) is -0.800. The lowest BCUT2D eigenvalue weighted by Gasteiger charge is -2.48. The number of aromatic amines is 1. The van der Waals surface area contributed by atoms with Crippen molar-refractivity contribution in [1.29, 1.82) is 0 Å². The zero-order chi connectivity index (χ0) is 18.4. The van der Waals surface area contributed by atoms with Crippen LogP contribution in [0.25, 0.3) is 0 Å². The van der Waals surface area contributed by atoms with Gasteiger partial charge < -0.3 is 10.8 Å². The van der Waals surface area contributed by atoms with Gasteiger partial charge in [0.25, 0.3) is 10.1 Å². The zero-order valence-electron chi connectivity index (χ0n) is 12.3. The number of rotatable bonds is 6. The number of carbonyl (C=O) groups excluding carboxylic acids is 1. The van der Waals surface area contributed by atoms with Gasteiger partial charge in [0.15, 0.2) is 0 Å². The molecule has 1 aromatic heterocycles. The number of aromatic nitrogens is 4. The zero-order valence-corrected chi connectivity index (χ0v) is 14.7. The van der Waals surface area contributed by atoms with Gasteiger partial charge in [-0.2, -0.15) is 13.6 Å². The molecule has 2 unspecified atom stereocenters. The average molecular weight is 408 g/mol. The van der Waals surface area contributed by atoms with Crippen LogP contribution in [0, 0.1) is 0 Å². The van der Waals surface area contributed by atoms with Gasteiger partial charge in [-0.1, -0.05) is 11.8 Å². The first-order valence-corrected chi connectivity index (χ1v) is 10.2.